The van der Waals surface area contributed by atoms with Crippen LogP contribution in [0.4, 0.5) is 4.39 Å². The monoisotopic (exact) mass is 576 g/mol. The quantitative estimate of drug-likeness (QED) is 0.218. The van der Waals surface area contributed by atoms with E-state index in [2.05, 4.69) is 20.9 Å². The van der Waals surface area contributed by atoms with Crippen molar-refractivity contribution >= 4 is 34.7 Å². The lowest BCUT2D eigenvalue weighted by Gasteiger charge is -2.24. The lowest BCUT2D eigenvalue weighted by Crippen LogP contribution is -2.48. The molecule has 2 unspecified atom stereocenters. The predicted octanol–water partition coefficient (Wildman–Crippen LogP) is 3.04. The average molecular weight is 577 g/mol. The number of thioether (sulfide) groups is 1. The minimum atomic E-state index is -1.50. The van der Waals surface area contributed by atoms with Crippen molar-refractivity contribution in [3.8, 4) is 0 Å². The van der Waals surface area contributed by atoms with Crippen molar-refractivity contribution in [2.45, 2.75) is 78.3 Å². The SMILES string of the molecule is C/C=C1\NC(=O)c2cc(F)cc(n2)CNC(=O)C[C@@H](/C=C/CCSC(=O)CCC)OC(=O)C(C=C(C)C)NC1O. The first kappa shape index (κ1) is 32.9. The number of halogens is 1. The second-order valence-electron chi connectivity index (χ2n) is 9.29. The number of carbonyl (C=O) groups excluding carboxylic acids is 4. The zero-order valence-corrected chi connectivity index (χ0v) is 24.0. The molecule has 1 aliphatic heterocycles. The van der Waals surface area contributed by atoms with E-state index in [1.807, 2.05) is 6.92 Å². The highest BCUT2D eigenvalue weighted by molar-refractivity contribution is 8.13. The minimum absolute atomic E-state index is 0.0181. The van der Waals surface area contributed by atoms with Crippen LogP contribution in [0.25, 0.3) is 0 Å². The molecule has 1 aromatic heterocycles. The highest BCUT2D eigenvalue weighted by atomic mass is 32.2. The second-order valence-corrected chi connectivity index (χ2v) is 10.4. The lowest BCUT2D eigenvalue weighted by atomic mass is 10.1. The highest BCUT2D eigenvalue weighted by Gasteiger charge is 2.27. The van der Waals surface area contributed by atoms with Gasteiger partial charge in [-0.1, -0.05) is 42.5 Å². The van der Waals surface area contributed by atoms with Crippen LogP contribution >= 0.6 is 11.8 Å². The van der Waals surface area contributed by atoms with Gasteiger partial charge in [0.1, 0.15) is 29.9 Å². The van der Waals surface area contributed by atoms with E-state index in [9.17, 15) is 28.7 Å². The minimum Gasteiger partial charge on any atom is -0.456 e. The number of nitrogens with one attached hydrogen (secondary N) is 3. The van der Waals surface area contributed by atoms with E-state index in [4.69, 9.17) is 4.74 Å². The smallest absolute Gasteiger partial charge is 0.327 e. The summed E-state index contributed by atoms with van der Waals surface area (Å²) >= 11 is 1.22. The molecule has 0 aliphatic carbocycles. The Morgan fingerprint density at radius 2 is 2.02 bits per heavy atom. The topological polar surface area (TPSA) is 147 Å². The molecule has 2 rings (SSSR count). The zero-order valence-electron chi connectivity index (χ0n) is 23.2. The number of nitrogens with zero attached hydrogens (tertiary/aromatic N) is 1. The number of aliphatic hydroxyl groups excluding tert-OH is 1. The predicted molar refractivity (Wildman–Crippen MR) is 150 cm³/mol. The van der Waals surface area contributed by atoms with Gasteiger partial charge in [-0.05, 0) is 45.8 Å². The van der Waals surface area contributed by atoms with Crippen molar-refractivity contribution < 1.29 is 33.4 Å². The number of esters is 1. The average Bonchev–Trinajstić information content (AvgIpc) is 2.88. The van der Waals surface area contributed by atoms with Crippen LogP contribution in [0, 0.1) is 5.82 Å². The molecule has 218 valence electrons. The molecule has 10 nitrogen and oxygen atoms in total. The number of allylic oxidation sites excluding steroid dienone is 3. The van der Waals surface area contributed by atoms with E-state index in [1.165, 1.54) is 17.8 Å². The van der Waals surface area contributed by atoms with Crippen LogP contribution in [0.3, 0.4) is 0 Å². The first-order chi connectivity index (χ1) is 19.0. The molecule has 3 atom stereocenters. The number of cyclic esters (lactones) is 1. The molecule has 0 saturated carbocycles. The normalized spacial score (nSPS) is 22.0. The van der Waals surface area contributed by atoms with Gasteiger partial charge in [0.05, 0.1) is 24.4 Å². The summed E-state index contributed by atoms with van der Waals surface area (Å²) < 4.78 is 19.9. The van der Waals surface area contributed by atoms with Gasteiger partial charge in [0, 0.05) is 18.2 Å². The van der Waals surface area contributed by atoms with Gasteiger partial charge in [0.2, 0.25) is 5.91 Å². The fourth-order valence-electron chi connectivity index (χ4n) is 3.61. The number of aliphatic hydroxyl groups is 1. The van der Waals surface area contributed by atoms with Crippen LogP contribution in [0.2, 0.25) is 0 Å². The summed E-state index contributed by atoms with van der Waals surface area (Å²) in [6.07, 6.45) is 5.39. The van der Waals surface area contributed by atoms with Crippen molar-refractivity contribution in [2.75, 3.05) is 5.75 Å². The van der Waals surface area contributed by atoms with Crippen molar-refractivity contribution in [3.05, 3.63) is 64.9 Å². The first-order valence-corrected chi connectivity index (χ1v) is 14.0. The molecular weight excluding hydrogens is 539 g/mol. The zero-order chi connectivity index (χ0) is 29.7. The van der Waals surface area contributed by atoms with Crippen molar-refractivity contribution in [3.63, 3.8) is 0 Å². The molecule has 4 N–H and O–H groups in total. The molecule has 0 saturated heterocycles. The van der Waals surface area contributed by atoms with Crippen LogP contribution in [0.5, 0.6) is 0 Å². The molecule has 0 fully saturated rings. The van der Waals surface area contributed by atoms with Crippen LogP contribution in [-0.2, 0) is 25.7 Å². The Labute approximate surface area is 237 Å². The number of ether oxygens (including phenoxy) is 1. The highest BCUT2D eigenvalue weighted by Crippen LogP contribution is 2.13. The fourth-order valence-corrected chi connectivity index (χ4v) is 4.44. The number of carbonyl (C=O) groups is 4. The summed E-state index contributed by atoms with van der Waals surface area (Å²) in [6.45, 7) is 6.85. The van der Waals surface area contributed by atoms with Crippen LogP contribution in [0.15, 0.2) is 47.7 Å². The van der Waals surface area contributed by atoms with Crippen LogP contribution in [0.1, 0.15) is 69.6 Å². The molecule has 2 bridgehead atoms. The Balaban J connectivity index is 2.35. The van der Waals surface area contributed by atoms with Crippen molar-refractivity contribution in [2.24, 2.45) is 0 Å². The second kappa shape index (κ2) is 16.7. The number of hydrogen-bond donors (Lipinski definition) is 4. The molecule has 2 amide bonds. The number of fused-ring (bicyclic) bond motifs is 2. The largest absolute Gasteiger partial charge is 0.456 e. The molecule has 1 aromatic rings. The van der Waals surface area contributed by atoms with Gasteiger partial charge in [-0.25, -0.2) is 14.2 Å². The molecule has 0 radical (unpaired) electrons. The van der Waals surface area contributed by atoms with Gasteiger partial charge in [-0.15, -0.1) is 0 Å². The van der Waals surface area contributed by atoms with Gasteiger partial charge >= 0.3 is 5.97 Å². The van der Waals surface area contributed by atoms with Crippen molar-refractivity contribution in [1.82, 2.24) is 20.9 Å². The van der Waals surface area contributed by atoms with E-state index < -0.39 is 42.0 Å². The Morgan fingerprint density at radius 1 is 1.27 bits per heavy atom. The van der Waals surface area contributed by atoms with Gasteiger partial charge in [0.15, 0.2) is 5.12 Å². The summed E-state index contributed by atoms with van der Waals surface area (Å²) in [7, 11) is 0. The maximum absolute atomic E-state index is 14.2. The van der Waals surface area contributed by atoms with Gasteiger partial charge in [-0.3, -0.25) is 19.7 Å². The lowest BCUT2D eigenvalue weighted by molar-refractivity contribution is -0.150. The van der Waals surface area contributed by atoms with Gasteiger partial charge in [0.25, 0.3) is 5.91 Å². The Bertz CT molecular complexity index is 1170. The summed E-state index contributed by atoms with van der Waals surface area (Å²) in [5.41, 5.74) is 0.619. The van der Waals surface area contributed by atoms with Crippen LogP contribution in [-0.4, -0.2) is 57.1 Å². The van der Waals surface area contributed by atoms with Crippen molar-refractivity contribution in [1.29, 1.82) is 0 Å². The van der Waals surface area contributed by atoms with E-state index in [1.54, 1.807) is 39.0 Å². The molecule has 0 spiro atoms. The van der Waals surface area contributed by atoms with Gasteiger partial charge < -0.3 is 20.5 Å². The van der Waals surface area contributed by atoms with E-state index in [0.717, 1.165) is 24.1 Å². The summed E-state index contributed by atoms with van der Waals surface area (Å²) in [5, 5.41) is 18.7. The number of rotatable bonds is 7. The number of amides is 2. The maximum Gasteiger partial charge on any atom is 0.327 e. The number of pyridine rings is 1. The molecule has 0 aromatic carbocycles. The molecule has 12 heteroatoms. The molecule has 2 heterocycles. The third-order valence-electron chi connectivity index (χ3n) is 5.50. The van der Waals surface area contributed by atoms with E-state index >= 15 is 0 Å². The van der Waals surface area contributed by atoms with Crippen LogP contribution < -0.4 is 16.0 Å². The standard InChI is InChI=1S/C28H37FN4O6S/c1-5-9-25(35)40-11-8-7-10-20-15-24(34)30-16-19-13-18(29)14-22(31-19)27(37)32-21(6-2)26(36)33-23(12-17(3)4)28(38)39-20/h6-7,10,12-14,20,23,26,33,36H,5,8-9,11,15-16H2,1-4H3,(H,30,34)(H,32,37)/b10-7+,21-6-/t20-,23?,26?/m1/s1. The summed E-state index contributed by atoms with van der Waals surface area (Å²) in [5.74, 6) is -2.21. The number of hydrogen-bond acceptors (Lipinski definition) is 9. The van der Waals surface area contributed by atoms with E-state index in [0.29, 0.717) is 18.6 Å². The Morgan fingerprint density at radius 3 is 2.70 bits per heavy atom. The maximum atomic E-state index is 14.2. The summed E-state index contributed by atoms with van der Waals surface area (Å²) in [6, 6.07) is 0.904. The first-order valence-electron chi connectivity index (χ1n) is 13.0. The fraction of sp³-hybridized carbons (Fsp3) is 0.464. The number of aromatic nitrogens is 1. The van der Waals surface area contributed by atoms with E-state index in [-0.39, 0.29) is 35.2 Å². The van der Waals surface area contributed by atoms with Gasteiger partial charge in [-0.2, -0.15) is 0 Å². The molecule has 1 aliphatic rings. The third kappa shape index (κ3) is 11.4. The summed E-state index contributed by atoms with van der Waals surface area (Å²) in [4.78, 5) is 54.5. The molecule has 40 heavy (non-hydrogen) atoms. The third-order valence-corrected chi connectivity index (χ3v) is 6.47. The Hall–Kier alpha value is -3.35. The Kier molecular flexibility index (Phi) is 13.7. The molecular formula is C28H37FN4O6S.